The molecule has 170 valence electrons. The molecule has 0 aliphatic carbocycles. The van der Waals surface area contributed by atoms with Crippen LogP contribution in [0, 0.1) is 0 Å². The standard InChI is InChI=1S/C24H28N2O5S/c1-16(2)31-18-7-5-17(6-8-18)22(27)20-21(19-4-3-15-32-19)26(24(29)23(20)28)10-9-25-11-13-30-14-12-25/h3-8,15-16,21,27H,9-14H2,1-2H3/t21-/m1/s1. The first-order valence-corrected chi connectivity index (χ1v) is 11.7. The van der Waals surface area contributed by atoms with Crippen molar-refractivity contribution in [1.82, 2.24) is 9.80 Å². The lowest BCUT2D eigenvalue weighted by molar-refractivity contribution is -0.140. The molecule has 1 aromatic carbocycles. The highest BCUT2D eigenvalue weighted by Crippen LogP contribution is 2.41. The predicted molar refractivity (Wildman–Crippen MR) is 123 cm³/mol. The SMILES string of the molecule is CC(C)Oc1ccc(C(O)=C2C(=O)C(=O)N(CCN3CCOCC3)[C@@H]2c2cccs2)cc1. The van der Waals surface area contributed by atoms with Gasteiger partial charge in [-0.3, -0.25) is 14.5 Å². The highest BCUT2D eigenvalue weighted by molar-refractivity contribution is 7.10. The molecule has 1 N–H and O–H groups in total. The molecule has 1 amide bonds. The quantitative estimate of drug-likeness (QED) is 0.391. The van der Waals surface area contributed by atoms with E-state index >= 15 is 0 Å². The molecule has 0 radical (unpaired) electrons. The highest BCUT2D eigenvalue weighted by atomic mass is 32.1. The second-order valence-corrected chi connectivity index (χ2v) is 9.13. The van der Waals surface area contributed by atoms with Crippen LogP contribution >= 0.6 is 11.3 Å². The van der Waals surface area contributed by atoms with Gasteiger partial charge in [0.25, 0.3) is 11.7 Å². The fraction of sp³-hybridized carbons (Fsp3) is 0.417. The molecule has 0 unspecified atom stereocenters. The Kier molecular flexibility index (Phi) is 6.93. The van der Waals surface area contributed by atoms with Crippen LogP contribution in [0.1, 0.15) is 30.3 Å². The highest BCUT2D eigenvalue weighted by Gasteiger charge is 2.46. The summed E-state index contributed by atoms with van der Waals surface area (Å²) in [5.74, 6) is -0.701. The van der Waals surface area contributed by atoms with Crippen molar-refractivity contribution in [3.05, 3.63) is 57.8 Å². The molecule has 0 bridgehead atoms. The van der Waals surface area contributed by atoms with Crippen molar-refractivity contribution in [3.8, 4) is 5.75 Å². The van der Waals surface area contributed by atoms with Gasteiger partial charge in [0.2, 0.25) is 0 Å². The number of rotatable bonds is 7. The Morgan fingerprint density at radius 3 is 2.50 bits per heavy atom. The summed E-state index contributed by atoms with van der Waals surface area (Å²) < 4.78 is 11.1. The first kappa shape index (κ1) is 22.5. The Bertz CT molecular complexity index is 978. The van der Waals surface area contributed by atoms with Gasteiger partial charge in [0.05, 0.1) is 30.9 Å². The van der Waals surface area contributed by atoms with E-state index in [-0.39, 0.29) is 17.4 Å². The minimum Gasteiger partial charge on any atom is -0.507 e. The summed E-state index contributed by atoms with van der Waals surface area (Å²) in [5.41, 5.74) is 0.616. The number of hydrogen-bond acceptors (Lipinski definition) is 7. The van der Waals surface area contributed by atoms with Crippen molar-refractivity contribution in [2.24, 2.45) is 0 Å². The summed E-state index contributed by atoms with van der Waals surface area (Å²) >= 11 is 1.47. The number of ketones is 1. The number of hydrogen-bond donors (Lipinski definition) is 1. The van der Waals surface area contributed by atoms with Gasteiger partial charge in [-0.1, -0.05) is 6.07 Å². The van der Waals surface area contributed by atoms with Gasteiger partial charge < -0.3 is 19.5 Å². The summed E-state index contributed by atoms with van der Waals surface area (Å²) in [4.78, 5) is 30.7. The lowest BCUT2D eigenvalue weighted by Gasteiger charge is -2.30. The Morgan fingerprint density at radius 2 is 1.88 bits per heavy atom. The zero-order valence-electron chi connectivity index (χ0n) is 18.3. The third kappa shape index (κ3) is 4.72. The molecule has 2 aliphatic rings. The predicted octanol–water partition coefficient (Wildman–Crippen LogP) is 3.29. The average molecular weight is 457 g/mol. The largest absolute Gasteiger partial charge is 0.507 e. The maximum absolute atomic E-state index is 13.0. The molecule has 0 spiro atoms. The van der Waals surface area contributed by atoms with Crippen LogP contribution in [-0.2, 0) is 14.3 Å². The molecular formula is C24H28N2O5S. The molecule has 2 fully saturated rings. The van der Waals surface area contributed by atoms with E-state index in [1.807, 2.05) is 31.4 Å². The van der Waals surface area contributed by atoms with Crippen molar-refractivity contribution in [2.75, 3.05) is 39.4 Å². The van der Waals surface area contributed by atoms with Crippen molar-refractivity contribution < 1.29 is 24.2 Å². The van der Waals surface area contributed by atoms with Crippen molar-refractivity contribution >= 4 is 28.8 Å². The van der Waals surface area contributed by atoms with E-state index in [1.165, 1.54) is 11.3 Å². The zero-order valence-corrected chi connectivity index (χ0v) is 19.1. The van der Waals surface area contributed by atoms with Gasteiger partial charge >= 0.3 is 0 Å². The first-order valence-electron chi connectivity index (χ1n) is 10.8. The number of amides is 1. The third-order valence-electron chi connectivity index (χ3n) is 5.61. The number of carbonyl (C=O) groups excluding carboxylic acids is 2. The van der Waals surface area contributed by atoms with Gasteiger partial charge in [-0.15, -0.1) is 11.3 Å². The van der Waals surface area contributed by atoms with Crippen LogP contribution in [0.3, 0.4) is 0 Å². The molecule has 1 aromatic heterocycles. The number of aliphatic hydroxyl groups is 1. The number of ether oxygens (including phenoxy) is 2. The van der Waals surface area contributed by atoms with Crippen LogP contribution in [0.15, 0.2) is 47.4 Å². The maximum atomic E-state index is 13.0. The normalized spacial score (nSPS) is 21.5. The number of benzene rings is 1. The van der Waals surface area contributed by atoms with Crippen LogP contribution in [0.4, 0.5) is 0 Å². The lowest BCUT2D eigenvalue weighted by Crippen LogP contribution is -2.42. The van der Waals surface area contributed by atoms with Gasteiger partial charge in [-0.05, 0) is 49.6 Å². The number of carbonyl (C=O) groups is 2. The van der Waals surface area contributed by atoms with Gasteiger partial charge in [0.15, 0.2) is 0 Å². The van der Waals surface area contributed by atoms with E-state index in [2.05, 4.69) is 4.90 Å². The molecule has 1 atom stereocenters. The molecule has 4 rings (SSSR count). The first-order chi connectivity index (χ1) is 15.5. The maximum Gasteiger partial charge on any atom is 0.295 e. The van der Waals surface area contributed by atoms with Crippen molar-refractivity contribution in [1.29, 1.82) is 0 Å². The van der Waals surface area contributed by atoms with E-state index < -0.39 is 17.7 Å². The van der Waals surface area contributed by atoms with E-state index in [9.17, 15) is 14.7 Å². The molecule has 8 heteroatoms. The number of morpholine rings is 1. The van der Waals surface area contributed by atoms with Gasteiger partial charge in [0.1, 0.15) is 11.5 Å². The Balaban J connectivity index is 1.64. The van der Waals surface area contributed by atoms with E-state index in [4.69, 9.17) is 9.47 Å². The summed E-state index contributed by atoms with van der Waals surface area (Å²) in [5, 5.41) is 13.0. The van der Waals surface area contributed by atoms with Gasteiger partial charge in [0, 0.05) is 36.6 Å². The van der Waals surface area contributed by atoms with E-state index in [1.54, 1.807) is 29.2 Å². The molecule has 0 saturated carbocycles. The Hall–Kier alpha value is -2.68. The molecular weight excluding hydrogens is 428 g/mol. The minimum atomic E-state index is -0.648. The fourth-order valence-electron chi connectivity index (χ4n) is 4.05. The van der Waals surface area contributed by atoms with Crippen LogP contribution in [0.2, 0.25) is 0 Å². The van der Waals surface area contributed by atoms with Crippen LogP contribution < -0.4 is 4.74 Å². The van der Waals surface area contributed by atoms with E-state index in [0.29, 0.717) is 37.6 Å². The number of nitrogens with zero attached hydrogens (tertiary/aromatic N) is 2. The van der Waals surface area contributed by atoms with Crippen LogP contribution in [0.5, 0.6) is 5.75 Å². The molecule has 32 heavy (non-hydrogen) atoms. The number of Topliss-reactive ketones (excluding diaryl/α,β-unsaturated/α-hetero) is 1. The monoisotopic (exact) mass is 456 g/mol. The van der Waals surface area contributed by atoms with Gasteiger partial charge in [-0.2, -0.15) is 0 Å². The topological polar surface area (TPSA) is 79.3 Å². The number of aliphatic hydroxyl groups excluding tert-OH is 1. The number of likely N-dealkylation sites (tertiary alicyclic amines) is 1. The number of thiophene rings is 1. The molecule has 2 aromatic rings. The van der Waals surface area contributed by atoms with Crippen LogP contribution in [-0.4, -0.2) is 72.1 Å². The summed E-state index contributed by atoms with van der Waals surface area (Å²) in [6.45, 7) is 7.88. The molecule has 3 heterocycles. The third-order valence-corrected chi connectivity index (χ3v) is 6.54. The molecule has 7 nitrogen and oxygen atoms in total. The Labute approximate surface area is 191 Å². The van der Waals surface area contributed by atoms with Crippen molar-refractivity contribution in [2.45, 2.75) is 26.0 Å². The molecule has 2 saturated heterocycles. The van der Waals surface area contributed by atoms with Crippen LogP contribution in [0.25, 0.3) is 5.76 Å². The summed E-state index contributed by atoms with van der Waals surface area (Å²) in [6.07, 6.45) is 0.0325. The molecule has 2 aliphatic heterocycles. The van der Waals surface area contributed by atoms with E-state index in [0.717, 1.165) is 18.0 Å². The lowest BCUT2D eigenvalue weighted by atomic mass is 10.00. The second-order valence-electron chi connectivity index (χ2n) is 8.15. The smallest absolute Gasteiger partial charge is 0.295 e. The minimum absolute atomic E-state index is 0.0325. The summed E-state index contributed by atoms with van der Waals surface area (Å²) in [6, 6.07) is 10.1. The van der Waals surface area contributed by atoms with Crippen molar-refractivity contribution in [3.63, 3.8) is 0 Å². The second kappa shape index (κ2) is 9.85. The fourth-order valence-corrected chi connectivity index (χ4v) is 4.89. The zero-order chi connectivity index (χ0) is 22.7. The summed E-state index contributed by atoms with van der Waals surface area (Å²) in [7, 11) is 0. The Morgan fingerprint density at radius 1 is 1.16 bits per heavy atom. The average Bonchev–Trinajstić information content (AvgIpc) is 3.40. The van der Waals surface area contributed by atoms with Gasteiger partial charge in [-0.25, -0.2) is 0 Å².